The summed E-state index contributed by atoms with van der Waals surface area (Å²) in [6.45, 7) is 0.434. The molecule has 2 nitrogen and oxygen atoms in total. The zero-order valence-corrected chi connectivity index (χ0v) is 12.9. The van der Waals surface area contributed by atoms with Crippen LogP contribution in [0.15, 0.2) is 30.0 Å². The van der Waals surface area contributed by atoms with Gasteiger partial charge in [-0.2, -0.15) is 0 Å². The average Bonchev–Trinajstić information content (AvgIpc) is 2.45. The van der Waals surface area contributed by atoms with Crippen LogP contribution >= 0.6 is 11.6 Å². The number of rotatable bonds is 3. The Balaban J connectivity index is 1.45. The van der Waals surface area contributed by atoms with E-state index >= 15 is 0 Å². The molecule has 0 atom stereocenters. The maximum absolute atomic E-state index is 9.61. The van der Waals surface area contributed by atoms with Gasteiger partial charge in [0, 0.05) is 5.56 Å². The summed E-state index contributed by atoms with van der Waals surface area (Å²) >= 11 is 6.08. The van der Waals surface area contributed by atoms with E-state index in [2.05, 4.69) is 0 Å². The standard InChI is InChI=1S/C18H21ClO2/c19-18-13(2-1-3-17(18)20)9-21-10-16-14-5-11-4-12(7-14)8-15(16)6-11/h1-3,10-12,14-15,20H,4-9H2. The number of phenols is 1. The minimum Gasteiger partial charge on any atom is -0.506 e. The van der Waals surface area contributed by atoms with Gasteiger partial charge in [0.25, 0.3) is 0 Å². The van der Waals surface area contributed by atoms with Crippen molar-refractivity contribution in [1.29, 1.82) is 0 Å². The highest BCUT2D eigenvalue weighted by Gasteiger charge is 2.45. The topological polar surface area (TPSA) is 29.5 Å². The summed E-state index contributed by atoms with van der Waals surface area (Å²) in [5, 5.41) is 10.0. The van der Waals surface area contributed by atoms with Gasteiger partial charge in [0.15, 0.2) is 0 Å². The molecule has 5 rings (SSSR count). The number of allylic oxidation sites excluding steroid dienone is 1. The Morgan fingerprint density at radius 2 is 1.76 bits per heavy atom. The number of phenolic OH excluding ortho intramolecular Hbond substituents is 1. The van der Waals surface area contributed by atoms with Gasteiger partial charge < -0.3 is 9.84 Å². The molecule has 3 heteroatoms. The minimum absolute atomic E-state index is 0.125. The molecule has 4 aliphatic rings. The SMILES string of the molecule is Oc1cccc(COC=C2C3CC4CC(C3)CC2C4)c1Cl. The minimum atomic E-state index is 0.125. The molecular weight excluding hydrogens is 284 g/mol. The molecule has 4 saturated carbocycles. The second kappa shape index (κ2) is 5.24. The van der Waals surface area contributed by atoms with E-state index in [9.17, 15) is 5.11 Å². The van der Waals surface area contributed by atoms with Crippen LogP contribution in [0, 0.1) is 23.7 Å². The van der Waals surface area contributed by atoms with Gasteiger partial charge in [-0.3, -0.25) is 0 Å². The summed E-state index contributed by atoms with van der Waals surface area (Å²) in [7, 11) is 0. The lowest BCUT2D eigenvalue weighted by atomic mass is 9.54. The van der Waals surface area contributed by atoms with Gasteiger partial charge in [0.05, 0.1) is 11.3 Å². The Morgan fingerprint density at radius 3 is 2.43 bits per heavy atom. The summed E-state index contributed by atoms with van der Waals surface area (Å²) in [5.74, 6) is 3.61. The fourth-order valence-corrected chi connectivity index (χ4v) is 5.01. The first-order valence-corrected chi connectivity index (χ1v) is 8.36. The molecule has 1 aromatic carbocycles. The quantitative estimate of drug-likeness (QED) is 0.805. The fourth-order valence-electron chi connectivity index (χ4n) is 4.83. The number of benzene rings is 1. The second-order valence-corrected chi connectivity index (χ2v) is 7.36. The first-order valence-electron chi connectivity index (χ1n) is 7.98. The van der Waals surface area contributed by atoms with Crippen molar-refractivity contribution < 1.29 is 9.84 Å². The number of halogens is 1. The van der Waals surface area contributed by atoms with E-state index in [1.165, 1.54) is 32.1 Å². The van der Waals surface area contributed by atoms with E-state index in [0.717, 1.165) is 29.2 Å². The van der Waals surface area contributed by atoms with Crippen LogP contribution in [0.1, 0.15) is 37.7 Å². The third kappa shape index (κ3) is 2.44. The third-order valence-corrected chi connectivity index (χ3v) is 6.03. The van der Waals surface area contributed by atoms with Gasteiger partial charge in [-0.15, -0.1) is 0 Å². The number of hydrogen-bond acceptors (Lipinski definition) is 2. The van der Waals surface area contributed by atoms with Gasteiger partial charge in [0.2, 0.25) is 0 Å². The van der Waals surface area contributed by atoms with Crippen molar-refractivity contribution in [3.05, 3.63) is 40.6 Å². The maximum atomic E-state index is 9.61. The molecule has 0 amide bonds. The lowest BCUT2D eigenvalue weighted by Crippen LogP contribution is -2.40. The molecule has 0 unspecified atom stereocenters. The monoisotopic (exact) mass is 304 g/mol. The summed E-state index contributed by atoms with van der Waals surface area (Å²) in [5.41, 5.74) is 2.39. The molecular formula is C18H21ClO2. The Morgan fingerprint density at radius 1 is 1.10 bits per heavy atom. The van der Waals surface area contributed by atoms with Crippen molar-refractivity contribution >= 4 is 11.6 Å². The molecule has 0 aliphatic heterocycles. The molecule has 112 valence electrons. The van der Waals surface area contributed by atoms with Crippen LogP contribution in [0.25, 0.3) is 0 Å². The third-order valence-electron chi connectivity index (χ3n) is 5.60. The van der Waals surface area contributed by atoms with E-state index in [-0.39, 0.29) is 5.75 Å². The Bertz CT molecular complexity index is 549. The predicted octanol–water partition coefficient (Wildman–Crippen LogP) is 4.90. The molecule has 0 heterocycles. The van der Waals surface area contributed by atoms with Crippen LogP contribution in [-0.2, 0) is 11.3 Å². The van der Waals surface area contributed by atoms with Crippen LogP contribution in [0.2, 0.25) is 5.02 Å². The van der Waals surface area contributed by atoms with E-state index in [1.807, 2.05) is 12.3 Å². The zero-order valence-electron chi connectivity index (χ0n) is 12.1. The predicted molar refractivity (Wildman–Crippen MR) is 83.0 cm³/mol. The lowest BCUT2D eigenvalue weighted by Gasteiger charge is -2.51. The fraction of sp³-hybridized carbons (Fsp3) is 0.556. The molecule has 4 aliphatic carbocycles. The van der Waals surface area contributed by atoms with Crippen molar-refractivity contribution in [2.45, 2.75) is 38.7 Å². The van der Waals surface area contributed by atoms with Crippen LogP contribution < -0.4 is 0 Å². The second-order valence-electron chi connectivity index (χ2n) is 6.98. The van der Waals surface area contributed by atoms with Gasteiger partial charge in [-0.25, -0.2) is 0 Å². The molecule has 1 N–H and O–H groups in total. The highest BCUT2D eigenvalue weighted by Crippen LogP contribution is 2.56. The first kappa shape index (κ1) is 13.5. The zero-order chi connectivity index (χ0) is 14.4. The van der Waals surface area contributed by atoms with Gasteiger partial charge in [-0.05, 0) is 67.4 Å². The molecule has 0 spiro atoms. The molecule has 0 aromatic heterocycles. The number of aromatic hydroxyl groups is 1. The van der Waals surface area contributed by atoms with Crippen LogP contribution in [0.5, 0.6) is 5.75 Å². The molecule has 21 heavy (non-hydrogen) atoms. The van der Waals surface area contributed by atoms with Gasteiger partial charge in [0.1, 0.15) is 12.4 Å². The Labute approximate surface area is 130 Å². The van der Waals surface area contributed by atoms with Crippen LogP contribution in [-0.4, -0.2) is 5.11 Å². The van der Waals surface area contributed by atoms with Gasteiger partial charge in [-0.1, -0.05) is 23.7 Å². The summed E-state index contributed by atoms with van der Waals surface area (Å²) < 4.78 is 5.82. The normalized spacial score (nSPS) is 33.3. The molecule has 4 bridgehead atoms. The molecule has 1 aromatic rings. The smallest absolute Gasteiger partial charge is 0.134 e. The molecule has 0 saturated heterocycles. The summed E-state index contributed by atoms with van der Waals surface area (Å²) in [6.07, 6.45) is 8.96. The Hall–Kier alpha value is -1.15. The highest BCUT2D eigenvalue weighted by molar-refractivity contribution is 6.32. The van der Waals surface area contributed by atoms with Crippen molar-refractivity contribution in [2.24, 2.45) is 23.7 Å². The van der Waals surface area contributed by atoms with E-state index in [0.29, 0.717) is 11.6 Å². The summed E-state index contributed by atoms with van der Waals surface area (Å²) in [6, 6.07) is 5.30. The molecule has 4 fully saturated rings. The van der Waals surface area contributed by atoms with Crippen LogP contribution in [0.3, 0.4) is 0 Å². The van der Waals surface area contributed by atoms with Crippen molar-refractivity contribution in [3.8, 4) is 5.75 Å². The van der Waals surface area contributed by atoms with E-state index in [4.69, 9.17) is 16.3 Å². The van der Waals surface area contributed by atoms with E-state index < -0.39 is 0 Å². The Kier molecular flexibility index (Phi) is 3.37. The highest BCUT2D eigenvalue weighted by atomic mass is 35.5. The number of ether oxygens (including phenoxy) is 1. The van der Waals surface area contributed by atoms with Crippen molar-refractivity contribution in [2.75, 3.05) is 0 Å². The summed E-state index contributed by atoms with van der Waals surface area (Å²) in [4.78, 5) is 0. The molecule has 0 radical (unpaired) electrons. The van der Waals surface area contributed by atoms with Crippen LogP contribution in [0.4, 0.5) is 0 Å². The largest absolute Gasteiger partial charge is 0.506 e. The number of hydrogen-bond donors (Lipinski definition) is 1. The van der Waals surface area contributed by atoms with Gasteiger partial charge >= 0.3 is 0 Å². The first-order chi connectivity index (χ1) is 10.2. The van der Waals surface area contributed by atoms with E-state index in [1.54, 1.807) is 17.7 Å². The average molecular weight is 305 g/mol. The van der Waals surface area contributed by atoms with Crippen molar-refractivity contribution in [1.82, 2.24) is 0 Å². The lowest BCUT2D eigenvalue weighted by molar-refractivity contribution is 0.0632. The van der Waals surface area contributed by atoms with Crippen molar-refractivity contribution in [3.63, 3.8) is 0 Å². The maximum Gasteiger partial charge on any atom is 0.134 e.